The van der Waals surface area contributed by atoms with Gasteiger partial charge in [-0.3, -0.25) is 4.68 Å². The molecule has 0 aliphatic rings. The molecule has 3 aromatic rings. The van der Waals surface area contributed by atoms with Gasteiger partial charge in [0.25, 0.3) is 0 Å². The van der Waals surface area contributed by atoms with E-state index in [0.29, 0.717) is 0 Å². The molecule has 0 unspecified atom stereocenters. The summed E-state index contributed by atoms with van der Waals surface area (Å²) in [5.41, 5.74) is 2.17. The van der Waals surface area contributed by atoms with Gasteiger partial charge in [-0.15, -0.1) is 0 Å². The lowest BCUT2D eigenvalue weighted by Crippen LogP contribution is -1.99. The van der Waals surface area contributed by atoms with Gasteiger partial charge in [-0.25, -0.2) is 9.97 Å². The molecule has 0 atom stereocenters. The first-order valence-electron chi connectivity index (χ1n) is 8.51. The molecule has 4 nitrogen and oxygen atoms in total. The fraction of sp³-hybridized carbons (Fsp3) is 0.421. The largest absolute Gasteiger partial charge is 0.270 e. The van der Waals surface area contributed by atoms with Crippen LogP contribution in [-0.4, -0.2) is 19.7 Å². The minimum Gasteiger partial charge on any atom is -0.270 e. The van der Waals surface area contributed by atoms with Crippen molar-refractivity contribution in [1.82, 2.24) is 19.7 Å². The molecule has 0 spiro atoms. The summed E-state index contributed by atoms with van der Waals surface area (Å²) in [6, 6.07) is 10.6. The Morgan fingerprint density at radius 3 is 2.74 bits per heavy atom. The molecule has 3 rings (SSSR count). The molecule has 119 valence electrons. The number of nitrogens with zero attached hydrogens (tertiary/aromatic N) is 4. The van der Waals surface area contributed by atoms with Crippen LogP contribution in [0.5, 0.6) is 0 Å². The van der Waals surface area contributed by atoms with E-state index in [2.05, 4.69) is 58.5 Å². The van der Waals surface area contributed by atoms with Gasteiger partial charge in [-0.2, -0.15) is 5.10 Å². The maximum atomic E-state index is 4.56. The third kappa shape index (κ3) is 4.38. The Bertz CT molecular complexity index is 733. The van der Waals surface area contributed by atoms with Gasteiger partial charge in [-0.05, 0) is 31.2 Å². The Labute approximate surface area is 137 Å². The second-order valence-electron chi connectivity index (χ2n) is 5.93. The van der Waals surface area contributed by atoms with Crippen molar-refractivity contribution in [3.05, 3.63) is 54.1 Å². The lowest BCUT2D eigenvalue weighted by molar-refractivity contribution is 0.561. The van der Waals surface area contributed by atoms with Crippen LogP contribution < -0.4 is 0 Å². The van der Waals surface area contributed by atoms with Gasteiger partial charge in [0.15, 0.2) is 5.65 Å². The van der Waals surface area contributed by atoms with E-state index in [4.69, 9.17) is 0 Å². The van der Waals surface area contributed by atoms with E-state index in [0.717, 1.165) is 61.9 Å². The third-order valence-electron chi connectivity index (χ3n) is 3.98. The first kappa shape index (κ1) is 15.7. The molecular formula is C19H23N4. The molecule has 2 aromatic heterocycles. The quantitative estimate of drug-likeness (QED) is 0.591. The van der Waals surface area contributed by atoms with Crippen molar-refractivity contribution >= 4 is 11.0 Å². The Morgan fingerprint density at radius 2 is 1.91 bits per heavy atom. The number of aromatic nitrogens is 4. The summed E-state index contributed by atoms with van der Waals surface area (Å²) >= 11 is 0. The van der Waals surface area contributed by atoms with E-state index < -0.39 is 0 Å². The maximum absolute atomic E-state index is 4.56. The van der Waals surface area contributed by atoms with Gasteiger partial charge >= 0.3 is 0 Å². The van der Waals surface area contributed by atoms with Crippen LogP contribution in [0, 0.1) is 6.20 Å². The summed E-state index contributed by atoms with van der Waals surface area (Å²) in [7, 11) is 0. The van der Waals surface area contributed by atoms with Gasteiger partial charge < -0.3 is 0 Å². The summed E-state index contributed by atoms with van der Waals surface area (Å²) in [4.78, 5) is 8.84. The summed E-state index contributed by atoms with van der Waals surface area (Å²) in [5.74, 6) is 0.855. The van der Waals surface area contributed by atoms with Crippen LogP contribution in [0.25, 0.3) is 11.0 Å². The molecular weight excluding hydrogens is 284 g/mol. The predicted molar refractivity (Wildman–Crippen MR) is 92.2 cm³/mol. The standard InChI is InChI=1S/C19H23N4/c1-2-3-12-18-20-14-17-15-23(22-19(17)21-18)13-8-7-11-16-9-5-4-6-10-16/h4-6,9-10,15H,2-3,7-8,11-13H2,1H3. The van der Waals surface area contributed by atoms with Crippen molar-refractivity contribution in [2.75, 3.05) is 0 Å². The molecule has 1 aromatic carbocycles. The maximum Gasteiger partial charge on any atom is 0.185 e. The molecule has 4 heteroatoms. The van der Waals surface area contributed by atoms with Crippen LogP contribution in [0.2, 0.25) is 0 Å². The minimum absolute atomic E-state index is 0.772. The fourth-order valence-electron chi connectivity index (χ4n) is 2.65. The Balaban J connectivity index is 1.53. The van der Waals surface area contributed by atoms with Crippen molar-refractivity contribution < 1.29 is 0 Å². The van der Waals surface area contributed by atoms with Crippen molar-refractivity contribution in [1.29, 1.82) is 0 Å². The van der Waals surface area contributed by atoms with Crippen LogP contribution in [0.3, 0.4) is 0 Å². The lowest BCUT2D eigenvalue weighted by atomic mass is 10.1. The summed E-state index contributed by atoms with van der Waals surface area (Å²) in [6.45, 7) is 3.09. The van der Waals surface area contributed by atoms with Crippen LogP contribution >= 0.6 is 0 Å². The van der Waals surface area contributed by atoms with Gasteiger partial charge in [0, 0.05) is 19.2 Å². The van der Waals surface area contributed by atoms with E-state index in [1.807, 2.05) is 10.9 Å². The zero-order chi connectivity index (χ0) is 15.9. The number of unbranched alkanes of at least 4 members (excludes halogenated alkanes) is 2. The average molecular weight is 307 g/mol. The normalized spacial score (nSPS) is 11.2. The van der Waals surface area contributed by atoms with Crippen LogP contribution in [0.1, 0.15) is 44.0 Å². The summed E-state index contributed by atoms with van der Waals surface area (Å²) < 4.78 is 1.98. The second kappa shape index (κ2) is 7.86. The fourth-order valence-corrected chi connectivity index (χ4v) is 2.65. The smallest absolute Gasteiger partial charge is 0.185 e. The number of hydrogen-bond donors (Lipinski definition) is 0. The predicted octanol–water partition coefficient (Wildman–Crippen LogP) is 3.99. The Hall–Kier alpha value is -2.23. The highest BCUT2D eigenvalue weighted by Gasteiger charge is 2.05. The van der Waals surface area contributed by atoms with Crippen LogP contribution in [0.4, 0.5) is 0 Å². The van der Waals surface area contributed by atoms with E-state index in [1.54, 1.807) is 0 Å². The zero-order valence-corrected chi connectivity index (χ0v) is 13.7. The zero-order valence-electron chi connectivity index (χ0n) is 13.7. The van der Waals surface area contributed by atoms with E-state index >= 15 is 0 Å². The molecule has 0 fully saturated rings. The summed E-state index contributed by atoms with van der Waals surface area (Å²) in [6.07, 6.45) is 11.6. The third-order valence-corrected chi connectivity index (χ3v) is 3.98. The molecule has 2 heterocycles. The number of hydrogen-bond acceptors (Lipinski definition) is 3. The first-order chi connectivity index (χ1) is 11.3. The van der Waals surface area contributed by atoms with Gasteiger partial charge in [0.05, 0.1) is 5.39 Å². The Morgan fingerprint density at radius 1 is 1.04 bits per heavy atom. The molecule has 1 radical (unpaired) electrons. The second-order valence-corrected chi connectivity index (χ2v) is 5.93. The minimum atomic E-state index is 0.772. The number of fused-ring (bicyclic) bond motifs is 1. The highest BCUT2D eigenvalue weighted by Crippen LogP contribution is 2.11. The van der Waals surface area contributed by atoms with Crippen molar-refractivity contribution in [2.24, 2.45) is 0 Å². The van der Waals surface area contributed by atoms with Gasteiger partial charge in [-0.1, -0.05) is 43.7 Å². The van der Waals surface area contributed by atoms with Gasteiger partial charge in [0.2, 0.25) is 0 Å². The topological polar surface area (TPSA) is 43.6 Å². The lowest BCUT2D eigenvalue weighted by Gasteiger charge is -2.02. The van der Waals surface area contributed by atoms with Gasteiger partial charge in [0.1, 0.15) is 12.0 Å². The molecule has 0 N–H and O–H groups in total. The van der Waals surface area contributed by atoms with Crippen LogP contribution in [0.15, 0.2) is 36.5 Å². The first-order valence-corrected chi connectivity index (χ1v) is 8.51. The number of rotatable bonds is 8. The average Bonchev–Trinajstić information content (AvgIpc) is 3.00. The van der Waals surface area contributed by atoms with E-state index in [-0.39, 0.29) is 0 Å². The SMILES string of the molecule is CCCCc1n[c]c2cn(CCCCc3ccccc3)nc2n1. The van der Waals surface area contributed by atoms with Crippen LogP contribution in [-0.2, 0) is 19.4 Å². The van der Waals surface area contributed by atoms with Crippen molar-refractivity contribution in [3.63, 3.8) is 0 Å². The molecule has 0 bridgehead atoms. The summed E-state index contributed by atoms with van der Waals surface area (Å²) in [5, 5.41) is 5.47. The van der Waals surface area contributed by atoms with Crippen molar-refractivity contribution in [2.45, 2.75) is 52.0 Å². The monoisotopic (exact) mass is 307 g/mol. The molecule has 23 heavy (non-hydrogen) atoms. The molecule has 0 saturated carbocycles. The van der Waals surface area contributed by atoms with E-state index in [9.17, 15) is 0 Å². The number of benzene rings is 1. The van der Waals surface area contributed by atoms with E-state index in [1.165, 1.54) is 5.56 Å². The molecule has 0 saturated heterocycles. The van der Waals surface area contributed by atoms with Crippen molar-refractivity contribution in [3.8, 4) is 0 Å². The molecule has 0 amide bonds. The number of aryl methyl sites for hydroxylation is 3. The highest BCUT2D eigenvalue weighted by atomic mass is 15.3. The molecule has 0 aliphatic heterocycles. The molecule has 0 aliphatic carbocycles. The highest BCUT2D eigenvalue weighted by molar-refractivity contribution is 5.71. The Kier molecular flexibility index (Phi) is 5.35.